The first kappa shape index (κ1) is 13.4. The second kappa shape index (κ2) is 6.17. The lowest BCUT2D eigenvalue weighted by atomic mass is 10.1. The average Bonchev–Trinajstić information content (AvgIpc) is 2.72. The van der Waals surface area contributed by atoms with Crippen LogP contribution in [0.4, 0.5) is 0 Å². The molecule has 1 aromatic rings. The molecule has 0 aromatic carbocycles. The van der Waals surface area contributed by atoms with Crippen molar-refractivity contribution in [2.75, 3.05) is 0 Å². The molecule has 0 aliphatic rings. The summed E-state index contributed by atoms with van der Waals surface area (Å²) >= 11 is 2.75. The molecule has 1 unspecified atom stereocenters. The number of aromatic nitrogens is 2. The van der Waals surface area contributed by atoms with Crippen LogP contribution in [0.15, 0.2) is 4.34 Å². The Morgan fingerprint density at radius 1 is 1.62 bits per heavy atom. The number of carbonyl (C=O) groups is 1. The van der Waals surface area contributed by atoms with Crippen molar-refractivity contribution in [3.05, 3.63) is 5.82 Å². The van der Waals surface area contributed by atoms with Crippen LogP contribution in [0.25, 0.3) is 0 Å². The molecule has 1 rings (SSSR count). The zero-order valence-corrected chi connectivity index (χ0v) is 11.2. The van der Waals surface area contributed by atoms with Gasteiger partial charge in [0, 0.05) is 6.42 Å². The van der Waals surface area contributed by atoms with Crippen molar-refractivity contribution in [3.8, 4) is 0 Å². The molecule has 1 amide bonds. The highest BCUT2D eigenvalue weighted by molar-refractivity contribution is 8.02. The van der Waals surface area contributed by atoms with Crippen molar-refractivity contribution in [3.63, 3.8) is 0 Å². The van der Waals surface area contributed by atoms with Crippen LogP contribution in [-0.2, 0) is 11.2 Å². The van der Waals surface area contributed by atoms with E-state index in [9.17, 15) is 4.79 Å². The molecule has 90 valence electrons. The molecule has 0 aliphatic carbocycles. The Hall–Kier alpha value is -0.660. The van der Waals surface area contributed by atoms with E-state index in [2.05, 4.69) is 14.8 Å². The summed E-state index contributed by atoms with van der Waals surface area (Å²) < 4.78 is 5.00. The number of hydrogen-bond acceptors (Lipinski definition) is 6. The quantitative estimate of drug-likeness (QED) is 0.360. The SMILES string of the molecule is CCc1nsc(SC(C(=O)NN)C(C)C)n1. The van der Waals surface area contributed by atoms with E-state index in [0.717, 1.165) is 16.6 Å². The lowest BCUT2D eigenvalue weighted by molar-refractivity contribution is -0.121. The van der Waals surface area contributed by atoms with E-state index in [1.54, 1.807) is 0 Å². The van der Waals surface area contributed by atoms with Crippen LogP contribution in [0.5, 0.6) is 0 Å². The summed E-state index contributed by atoms with van der Waals surface area (Å²) in [6.07, 6.45) is 0.812. The average molecular weight is 260 g/mol. The molecule has 1 heterocycles. The predicted molar refractivity (Wildman–Crippen MR) is 66.1 cm³/mol. The maximum absolute atomic E-state index is 11.5. The maximum Gasteiger partial charge on any atom is 0.247 e. The van der Waals surface area contributed by atoms with E-state index in [0.29, 0.717) is 0 Å². The van der Waals surface area contributed by atoms with Gasteiger partial charge >= 0.3 is 0 Å². The van der Waals surface area contributed by atoms with Crippen molar-refractivity contribution >= 4 is 29.2 Å². The van der Waals surface area contributed by atoms with E-state index >= 15 is 0 Å². The first-order valence-electron chi connectivity index (χ1n) is 5.08. The van der Waals surface area contributed by atoms with Gasteiger partial charge in [0.1, 0.15) is 5.82 Å². The normalized spacial score (nSPS) is 12.8. The minimum atomic E-state index is -0.220. The maximum atomic E-state index is 11.5. The fourth-order valence-corrected chi connectivity index (χ4v) is 3.03. The third-order valence-corrected chi connectivity index (χ3v) is 4.37. The van der Waals surface area contributed by atoms with Crippen LogP contribution in [-0.4, -0.2) is 20.5 Å². The number of amides is 1. The van der Waals surface area contributed by atoms with Crippen LogP contribution in [0.1, 0.15) is 26.6 Å². The van der Waals surface area contributed by atoms with Crippen LogP contribution in [0.3, 0.4) is 0 Å². The molecule has 3 N–H and O–H groups in total. The Kier molecular flexibility index (Phi) is 5.17. The molecule has 0 aliphatic heterocycles. The van der Waals surface area contributed by atoms with Crippen molar-refractivity contribution in [2.45, 2.75) is 36.8 Å². The van der Waals surface area contributed by atoms with Gasteiger partial charge in [-0.25, -0.2) is 10.8 Å². The summed E-state index contributed by atoms with van der Waals surface area (Å²) in [6.45, 7) is 5.96. The van der Waals surface area contributed by atoms with Crippen LogP contribution in [0, 0.1) is 5.92 Å². The number of nitrogens with zero attached hydrogens (tertiary/aromatic N) is 2. The lowest BCUT2D eigenvalue weighted by Crippen LogP contribution is -2.39. The molecule has 5 nitrogen and oxygen atoms in total. The Bertz CT molecular complexity index is 353. The van der Waals surface area contributed by atoms with Gasteiger partial charge < -0.3 is 0 Å². The van der Waals surface area contributed by atoms with Gasteiger partial charge in [-0.1, -0.05) is 32.5 Å². The van der Waals surface area contributed by atoms with Crippen molar-refractivity contribution < 1.29 is 4.79 Å². The van der Waals surface area contributed by atoms with Gasteiger partial charge in [-0.2, -0.15) is 4.37 Å². The molecule has 0 fully saturated rings. The second-order valence-corrected chi connectivity index (χ2v) is 5.76. The molecule has 0 saturated carbocycles. The Labute approximate surface area is 103 Å². The lowest BCUT2D eigenvalue weighted by Gasteiger charge is -2.16. The number of nitrogens with two attached hydrogens (primary N) is 1. The molecule has 16 heavy (non-hydrogen) atoms. The summed E-state index contributed by atoms with van der Waals surface area (Å²) in [4.78, 5) is 15.9. The highest BCUT2D eigenvalue weighted by Crippen LogP contribution is 2.29. The van der Waals surface area contributed by atoms with Crippen molar-refractivity contribution in [1.29, 1.82) is 0 Å². The second-order valence-electron chi connectivity index (χ2n) is 3.62. The van der Waals surface area contributed by atoms with Crippen LogP contribution in [0.2, 0.25) is 0 Å². The molecule has 0 spiro atoms. The highest BCUT2D eigenvalue weighted by Gasteiger charge is 2.24. The number of carbonyl (C=O) groups excluding carboxylic acids is 1. The number of thioether (sulfide) groups is 1. The van der Waals surface area contributed by atoms with E-state index in [1.165, 1.54) is 23.3 Å². The molecular formula is C9H16N4OS2. The smallest absolute Gasteiger partial charge is 0.247 e. The first-order chi connectivity index (χ1) is 7.58. The number of nitrogens with one attached hydrogen (secondary N) is 1. The van der Waals surface area contributed by atoms with Crippen molar-refractivity contribution in [2.24, 2.45) is 11.8 Å². The number of hydrazine groups is 1. The third kappa shape index (κ3) is 3.43. The molecule has 1 atom stereocenters. The largest absolute Gasteiger partial charge is 0.293 e. The number of aryl methyl sites for hydroxylation is 1. The van der Waals surface area contributed by atoms with E-state index in [-0.39, 0.29) is 17.1 Å². The minimum absolute atomic E-state index is 0.173. The third-order valence-electron chi connectivity index (χ3n) is 2.00. The van der Waals surface area contributed by atoms with E-state index in [4.69, 9.17) is 5.84 Å². The zero-order chi connectivity index (χ0) is 12.1. The van der Waals surface area contributed by atoms with Crippen LogP contribution < -0.4 is 11.3 Å². The Balaban J connectivity index is 2.71. The summed E-state index contributed by atoms with van der Waals surface area (Å²) in [5.41, 5.74) is 2.18. The first-order valence-corrected chi connectivity index (χ1v) is 6.73. The zero-order valence-electron chi connectivity index (χ0n) is 9.56. The Morgan fingerprint density at radius 3 is 2.75 bits per heavy atom. The van der Waals surface area contributed by atoms with E-state index in [1.807, 2.05) is 20.8 Å². The van der Waals surface area contributed by atoms with Crippen molar-refractivity contribution in [1.82, 2.24) is 14.8 Å². The number of rotatable bonds is 5. The van der Waals surface area contributed by atoms with Gasteiger partial charge in [-0.15, -0.1) is 0 Å². The standard InChI is InChI=1S/C9H16N4OS2/c1-4-6-11-9(16-13-6)15-7(5(2)3)8(14)12-10/h5,7H,4,10H2,1-3H3,(H,12,14). The van der Waals surface area contributed by atoms with Gasteiger partial charge in [0.05, 0.1) is 5.25 Å². The molecule has 0 bridgehead atoms. The highest BCUT2D eigenvalue weighted by atomic mass is 32.2. The topological polar surface area (TPSA) is 80.9 Å². The molecule has 0 radical (unpaired) electrons. The monoisotopic (exact) mass is 260 g/mol. The number of hydrogen-bond donors (Lipinski definition) is 2. The van der Waals surface area contributed by atoms with Gasteiger partial charge in [-0.05, 0) is 17.5 Å². The predicted octanol–water partition coefficient (Wildman–Crippen LogP) is 1.21. The van der Waals surface area contributed by atoms with E-state index < -0.39 is 0 Å². The van der Waals surface area contributed by atoms with Gasteiger partial charge in [0.25, 0.3) is 0 Å². The summed E-state index contributed by atoms with van der Waals surface area (Å²) in [7, 11) is 0. The molecule has 1 aromatic heterocycles. The summed E-state index contributed by atoms with van der Waals surface area (Å²) in [6, 6.07) is 0. The van der Waals surface area contributed by atoms with Crippen LogP contribution >= 0.6 is 23.3 Å². The molecular weight excluding hydrogens is 244 g/mol. The van der Waals surface area contributed by atoms with Gasteiger partial charge in [0.15, 0.2) is 4.34 Å². The Morgan fingerprint density at radius 2 is 2.31 bits per heavy atom. The molecule has 0 saturated heterocycles. The van der Waals surface area contributed by atoms with Gasteiger partial charge in [-0.3, -0.25) is 10.2 Å². The fourth-order valence-electron chi connectivity index (χ4n) is 1.11. The van der Waals surface area contributed by atoms with Gasteiger partial charge in [0.2, 0.25) is 5.91 Å². The summed E-state index contributed by atoms with van der Waals surface area (Å²) in [5.74, 6) is 6.00. The fraction of sp³-hybridized carbons (Fsp3) is 0.667. The summed E-state index contributed by atoms with van der Waals surface area (Å²) in [5, 5.41) is -0.220. The molecule has 7 heteroatoms. The minimum Gasteiger partial charge on any atom is -0.293 e.